The van der Waals surface area contributed by atoms with Crippen LogP contribution in [0.1, 0.15) is 26.0 Å². The lowest BCUT2D eigenvalue weighted by atomic mass is 10.3. The van der Waals surface area contributed by atoms with Crippen molar-refractivity contribution in [3.63, 3.8) is 0 Å². The molecular formula is C13H18N2O4S. The van der Waals surface area contributed by atoms with Gasteiger partial charge in [0.1, 0.15) is 5.52 Å². The zero-order valence-corrected chi connectivity index (χ0v) is 12.5. The summed E-state index contributed by atoms with van der Waals surface area (Å²) < 4.78 is 34.4. The molecule has 1 aromatic heterocycles. The molecule has 0 saturated heterocycles. The first kappa shape index (κ1) is 15.0. The van der Waals surface area contributed by atoms with E-state index in [9.17, 15) is 8.42 Å². The van der Waals surface area contributed by atoms with E-state index in [2.05, 4.69) is 9.97 Å². The van der Waals surface area contributed by atoms with E-state index in [1.54, 1.807) is 18.2 Å². The van der Waals surface area contributed by atoms with E-state index in [0.717, 1.165) is 0 Å². The van der Waals surface area contributed by atoms with Crippen LogP contribution in [0.3, 0.4) is 0 Å². The van der Waals surface area contributed by atoms with Crippen molar-refractivity contribution in [2.75, 3.05) is 19.5 Å². The number of nitrogens with one attached hydrogen (secondary N) is 1. The number of benzene rings is 1. The van der Waals surface area contributed by atoms with E-state index in [-0.39, 0.29) is 4.90 Å². The van der Waals surface area contributed by atoms with E-state index in [4.69, 9.17) is 9.47 Å². The fourth-order valence-electron chi connectivity index (χ4n) is 1.94. The predicted molar refractivity (Wildman–Crippen MR) is 75.2 cm³/mol. The number of rotatable bonds is 6. The van der Waals surface area contributed by atoms with Crippen LogP contribution < -0.4 is 0 Å². The largest absolute Gasteiger partial charge is 0.346 e. The van der Waals surface area contributed by atoms with Gasteiger partial charge in [0.05, 0.1) is 10.4 Å². The Balaban J connectivity index is 2.53. The minimum absolute atomic E-state index is 0.198. The van der Waals surface area contributed by atoms with Crippen molar-refractivity contribution in [1.82, 2.24) is 9.97 Å². The van der Waals surface area contributed by atoms with Gasteiger partial charge in [-0.05, 0) is 26.0 Å². The molecule has 2 rings (SSSR count). The molecule has 1 heterocycles. The zero-order valence-electron chi connectivity index (χ0n) is 11.7. The van der Waals surface area contributed by atoms with Crippen LogP contribution in [0.4, 0.5) is 0 Å². The lowest BCUT2D eigenvalue weighted by molar-refractivity contribution is -0.144. The Hall–Kier alpha value is -1.44. The summed E-state index contributed by atoms with van der Waals surface area (Å²) in [6, 6.07) is 4.99. The standard InChI is InChI=1S/C13H18N2O4S/c1-4-18-13(19-5-2)12-14-9-7-6-8-10(11(9)15-12)20(3,16)17/h6-8,13H,4-5H2,1-3H3,(H,14,15). The van der Waals surface area contributed by atoms with E-state index < -0.39 is 16.1 Å². The molecule has 1 N–H and O–H groups in total. The van der Waals surface area contributed by atoms with Crippen molar-refractivity contribution in [3.8, 4) is 0 Å². The lowest BCUT2D eigenvalue weighted by Gasteiger charge is -2.13. The third-order valence-corrected chi connectivity index (χ3v) is 3.88. The van der Waals surface area contributed by atoms with Crippen molar-refractivity contribution in [1.29, 1.82) is 0 Å². The van der Waals surface area contributed by atoms with Crippen LogP contribution >= 0.6 is 0 Å². The van der Waals surface area contributed by atoms with Gasteiger partial charge in [-0.25, -0.2) is 13.4 Å². The monoisotopic (exact) mass is 298 g/mol. The molecule has 0 bridgehead atoms. The maximum atomic E-state index is 11.8. The molecule has 1 aromatic carbocycles. The molecule has 0 aliphatic heterocycles. The van der Waals surface area contributed by atoms with Crippen LogP contribution in [0, 0.1) is 0 Å². The highest BCUT2D eigenvalue weighted by molar-refractivity contribution is 7.91. The smallest absolute Gasteiger partial charge is 0.217 e. The Morgan fingerprint density at radius 1 is 1.25 bits per heavy atom. The van der Waals surface area contributed by atoms with Gasteiger partial charge < -0.3 is 14.5 Å². The summed E-state index contributed by atoms with van der Waals surface area (Å²) in [5.41, 5.74) is 1.06. The first-order valence-electron chi connectivity index (χ1n) is 6.39. The van der Waals surface area contributed by atoms with Crippen LogP contribution in [0.2, 0.25) is 0 Å². The van der Waals surface area contributed by atoms with Gasteiger partial charge in [0.15, 0.2) is 15.7 Å². The number of sulfone groups is 1. The molecule has 110 valence electrons. The van der Waals surface area contributed by atoms with Crippen LogP contribution in [-0.2, 0) is 19.3 Å². The van der Waals surface area contributed by atoms with Crippen molar-refractivity contribution >= 4 is 20.9 Å². The van der Waals surface area contributed by atoms with Gasteiger partial charge >= 0.3 is 0 Å². The number of hydrogen-bond acceptors (Lipinski definition) is 5. The molecule has 0 amide bonds. The predicted octanol–water partition coefficient (Wildman–Crippen LogP) is 2.04. The molecule has 0 fully saturated rings. The van der Waals surface area contributed by atoms with E-state index in [1.165, 1.54) is 6.26 Å². The summed E-state index contributed by atoms with van der Waals surface area (Å²) >= 11 is 0. The van der Waals surface area contributed by atoms with Gasteiger partial charge in [0.2, 0.25) is 6.29 Å². The lowest BCUT2D eigenvalue weighted by Crippen LogP contribution is -2.10. The molecule has 0 saturated carbocycles. The van der Waals surface area contributed by atoms with Gasteiger partial charge in [-0.3, -0.25) is 0 Å². The van der Waals surface area contributed by atoms with Gasteiger partial charge in [-0.15, -0.1) is 0 Å². The maximum Gasteiger partial charge on any atom is 0.217 e. The van der Waals surface area contributed by atoms with E-state index >= 15 is 0 Å². The Labute approximate surface area is 118 Å². The van der Waals surface area contributed by atoms with Crippen molar-refractivity contribution in [2.24, 2.45) is 0 Å². The molecule has 2 aromatic rings. The number of ether oxygens (including phenoxy) is 2. The first-order chi connectivity index (χ1) is 9.47. The highest BCUT2D eigenvalue weighted by Crippen LogP contribution is 2.24. The summed E-state index contributed by atoms with van der Waals surface area (Å²) in [6.07, 6.45) is 0.545. The summed E-state index contributed by atoms with van der Waals surface area (Å²) in [7, 11) is -3.33. The molecule has 0 radical (unpaired) electrons. The Bertz CT molecular complexity index is 687. The molecule has 6 nitrogen and oxygen atoms in total. The Kier molecular flexibility index (Phi) is 4.42. The average Bonchev–Trinajstić information content (AvgIpc) is 2.80. The Morgan fingerprint density at radius 2 is 1.90 bits per heavy atom. The van der Waals surface area contributed by atoms with Crippen LogP contribution in [0.5, 0.6) is 0 Å². The summed E-state index contributed by atoms with van der Waals surface area (Å²) in [5.74, 6) is 0.472. The molecule has 0 unspecified atom stereocenters. The number of aromatic nitrogens is 2. The van der Waals surface area contributed by atoms with Crippen molar-refractivity contribution < 1.29 is 17.9 Å². The molecule has 0 spiro atoms. The highest BCUT2D eigenvalue weighted by Gasteiger charge is 2.20. The third kappa shape index (κ3) is 3.00. The number of aromatic amines is 1. The summed E-state index contributed by atoms with van der Waals surface area (Å²) in [5, 5.41) is 0. The maximum absolute atomic E-state index is 11.8. The fraction of sp³-hybridized carbons (Fsp3) is 0.462. The third-order valence-electron chi connectivity index (χ3n) is 2.75. The summed E-state index contributed by atoms with van der Waals surface area (Å²) in [6.45, 7) is 4.66. The second-order valence-corrected chi connectivity index (χ2v) is 6.27. The van der Waals surface area contributed by atoms with Gasteiger partial charge in [0.25, 0.3) is 0 Å². The number of nitrogens with zero attached hydrogens (tertiary/aromatic N) is 1. The number of imidazole rings is 1. The topological polar surface area (TPSA) is 81.3 Å². The van der Waals surface area contributed by atoms with Crippen molar-refractivity contribution in [2.45, 2.75) is 25.0 Å². The molecule has 20 heavy (non-hydrogen) atoms. The number of H-pyrrole nitrogens is 1. The second kappa shape index (κ2) is 5.90. The minimum atomic E-state index is -3.33. The van der Waals surface area contributed by atoms with E-state index in [1.807, 2.05) is 13.8 Å². The SMILES string of the molecule is CCOC(OCC)c1nc2c(S(C)(=O)=O)cccc2[nH]1. The first-order valence-corrected chi connectivity index (χ1v) is 8.28. The fourth-order valence-corrected chi connectivity index (χ4v) is 2.78. The van der Waals surface area contributed by atoms with Gasteiger partial charge in [0, 0.05) is 19.5 Å². The number of fused-ring (bicyclic) bond motifs is 1. The number of hydrogen-bond donors (Lipinski definition) is 1. The molecule has 0 aliphatic rings. The van der Waals surface area contributed by atoms with Crippen molar-refractivity contribution in [3.05, 3.63) is 24.0 Å². The van der Waals surface area contributed by atoms with Gasteiger partial charge in [-0.2, -0.15) is 0 Å². The van der Waals surface area contributed by atoms with Crippen LogP contribution in [0.15, 0.2) is 23.1 Å². The quantitative estimate of drug-likeness (QED) is 0.825. The minimum Gasteiger partial charge on any atom is -0.346 e. The molecule has 0 aliphatic carbocycles. The molecular weight excluding hydrogens is 280 g/mol. The van der Waals surface area contributed by atoms with E-state index in [0.29, 0.717) is 30.1 Å². The summed E-state index contributed by atoms with van der Waals surface area (Å²) in [4.78, 5) is 7.58. The molecule has 7 heteroatoms. The Morgan fingerprint density at radius 3 is 2.45 bits per heavy atom. The van der Waals surface area contributed by atoms with Crippen LogP contribution in [0.25, 0.3) is 11.0 Å². The normalized spacial score (nSPS) is 12.4. The highest BCUT2D eigenvalue weighted by atomic mass is 32.2. The molecule has 0 atom stereocenters. The number of para-hydroxylation sites is 1. The van der Waals surface area contributed by atoms with Crippen LogP contribution in [-0.4, -0.2) is 37.9 Å². The average molecular weight is 298 g/mol. The second-order valence-electron chi connectivity index (χ2n) is 4.29. The zero-order chi connectivity index (χ0) is 14.8. The van der Waals surface area contributed by atoms with Gasteiger partial charge in [-0.1, -0.05) is 6.07 Å².